The van der Waals surface area contributed by atoms with Crippen molar-refractivity contribution in [1.29, 1.82) is 0 Å². The van der Waals surface area contributed by atoms with Crippen LogP contribution in [0.25, 0.3) is 6.08 Å². The van der Waals surface area contributed by atoms with Crippen molar-refractivity contribution in [2.24, 2.45) is 4.99 Å². The molecule has 0 atom stereocenters. The molecule has 3 nitrogen and oxygen atoms in total. The fraction of sp³-hybridized carbons (Fsp3) is 0.333. The Morgan fingerprint density at radius 3 is 3.44 bits per heavy atom. The molecular formula is C6H6N2O. The topological polar surface area (TPSA) is 38.4 Å². The average molecular weight is 122 g/mol. The van der Waals surface area contributed by atoms with Crippen LogP contribution in [0.15, 0.2) is 15.8 Å². The van der Waals surface area contributed by atoms with Crippen LogP contribution < -0.4 is 10.9 Å². The summed E-state index contributed by atoms with van der Waals surface area (Å²) >= 11 is 0. The molecular weight excluding hydrogens is 116 g/mol. The summed E-state index contributed by atoms with van der Waals surface area (Å²) in [5, 5.41) is 0. The van der Waals surface area contributed by atoms with Gasteiger partial charge in [-0.3, -0.25) is 4.99 Å². The van der Waals surface area contributed by atoms with E-state index in [9.17, 15) is 0 Å². The quantitative estimate of drug-likeness (QED) is 0.464. The van der Waals surface area contributed by atoms with E-state index >= 15 is 0 Å². The zero-order chi connectivity index (χ0) is 6.10. The second kappa shape index (κ2) is 1.69. The van der Waals surface area contributed by atoms with Crippen LogP contribution in [-0.4, -0.2) is 11.5 Å². The van der Waals surface area contributed by atoms with Gasteiger partial charge in [0.05, 0.1) is 0 Å². The van der Waals surface area contributed by atoms with E-state index in [4.69, 9.17) is 4.42 Å². The monoisotopic (exact) mass is 122 g/mol. The van der Waals surface area contributed by atoms with Crippen LogP contribution in [0.2, 0.25) is 0 Å². The Labute approximate surface area is 51.7 Å². The SMILES string of the molecule is C1=c2ocnc2=NCC1. The molecule has 9 heavy (non-hydrogen) atoms. The molecule has 0 aliphatic carbocycles. The van der Waals surface area contributed by atoms with Gasteiger partial charge in [0.2, 0.25) is 0 Å². The molecule has 0 amide bonds. The van der Waals surface area contributed by atoms with E-state index in [2.05, 4.69) is 9.98 Å². The summed E-state index contributed by atoms with van der Waals surface area (Å²) in [5.41, 5.74) is 1.57. The predicted octanol–water partition coefficient (Wildman–Crippen LogP) is -0.522. The van der Waals surface area contributed by atoms with Gasteiger partial charge in [-0.1, -0.05) is 0 Å². The molecule has 0 N–H and O–H groups in total. The first-order valence-corrected chi connectivity index (χ1v) is 2.91. The van der Waals surface area contributed by atoms with Crippen molar-refractivity contribution in [2.75, 3.05) is 6.54 Å². The summed E-state index contributed by atoms with van der Waals surface area (Å²) < 4.78 is 5.00. The maximum atomic E-state index is 5.00. The summed E-state index contributed by atoms with van der Waals surface area (Å²) in [6.45, 7) is 0.847. The maximum Gasteiger partial charge on any atom is 0.193 e. The van der Waals surface area contributed by atoms with Crippen LogP contribution in [0.1, 0.15) is 6.42 Å². The van der Waals surface area contributed by atoms with E-state index in [-0.39, 0.29) is 0 Å². The summed E-state index contributed by atoms with van der Waals surface area (Å²) in [6, 6.07) is 0. The highest BCUT2D eigenvalue weighted by Crippen LogP contribution is 1.83. The Hall–Kier alpha value is -1.12. The van der Waals surface area contributed by atoms with Gasteiger partial charge in [-0.15, -0.1) is 0 Å². The van der Waals surface area contributed by atoms with E-state index < -0.39 is 0 Å². The minimum Gasteiger partial charge on any atom is -0.442 e. The average Bonchev–Trinajstić information content (AvgIpc) is 2.33. The third-order valence-electron chi connectivity index (χ3n) is 1.30. The first-order valence-electron chi connectivity index (χ1n) is 2.91. The van der Waals surface area contributed by atoms with Gasteiger partial charge in [0, 0.05) is 6.54 Å². The van der Waals surface area contributed by atoms with E-state index in [0.717, 1.165) is 23.9 Å². The summed E-state index contributed by atoms with van der Waals surface area (Å²) in [4.78, 5) is 8.01. The van der Waals surface area contributed by atoms with Crippen LogP contribution in [0.3, 0.4) is 0 Å². The normalized spacial score (nSPS) is 15.6. The van der Waals surface area contributed by atoms with Crippen LogP contribution in [-0.2, 0) is 0 Å². The summed E-state index contributed by atoms with van der Waals surface area (Å²) in [6.07, 6.45) is 4.41. The molecule has 1 aliphatic rings. The predicted molar refractivity (Wildman–Crippen MR) is 31.2 cm³/mol. The summed E-state index contributed by atoms with van der Waals surface area (Å²) in [7, 11) is 0. The molecule has 46 valence electrons. The van der Waals surface area contributed by atoms with Gasteiger partial charge < -0.3 is 4.42 Å². The van der Waals surface area contributed by atoms with Crippen molar-refractivity contribution < 1.29 is 4.42 Å². The Morgan fingerprint density at radius 2 is 2.56 bits per heavy atom. The van der Waals surface area contributed by atoms with E-state index in [1.165, 1.54) is 6.39 Å². The van der Waals surface area contributed by atoms with Crippen LogP contribution >= 0.6 is 0 Å². The molecule has 1 aromatic heterocycles. The fourth-order valence-corrected chi connectivity index (χ4v) is 0.874. The molecule has 0 unspecified atom stereocenters. The highest BCUT2D eigenvalue weighted by Gasteiger charge is 1.95. The van der Waals surface area contributed by atoms with E-state index in [1.54, 1.807) is 0 Å². The van der Waals surface area contributed by atoms with Gasteiger partial charge in [0.1, 0.15) is 0 Å². The zero-order valence-electron chi connectivity index (χ0n) is 4.87. The number of fused-ring (bicyclic) bond motifs is 1. The van der Waals surface area contributed by atoms with Gasteiger partial charge in [-0.05, 0) is 12.5 Å². The van der Waals surface area contributed by atoms with Crippen molar-refractivity contribution in [3.05, 3.63) is 17.3 Å². The third-order valence-corrected chi connectivity index (χ3v) is 1.30. The van der Waals surface area contributed by atoms with Gasteiger partial charge >= 0.3 is 0 Å². The van der Waals surface area contributed by atoms with Gasteiger partial charge in [-0.25, -0.2) is 0 Å². The number of hydrogen-bond donors (Lipinski definition) is 0. The fourth-order valence-electron chi connectivity index (χ4n) is 0.874. The Morgan fingerprint density at radius 1 is 1.56 bits per heavy atom. The molecule has 3 heteroatoms. The third kappa shape index (κ3) is 0.650. The highest BCUT2D eigenvalue weighted by atomic mass is 16.3. The second-order valence-electron chi connectivity index (χ2n) is 1.91. The Bertz CT molecular complexity index is 282. The maximum absolute atomic E-state index is 5.00. The molecule has 0 spiro atoms. The minimum absolute atomic E-state index is 0.751. The number of rotatable bonds is 0. The van der Waals surface area contributed by atoms with Crippen molar-refractivity contribution >= 4 is 6.08 Å². The Kier molecular flexibility index (Phi) is 0.886. The smallest absolute Gasteiger partial charge is 0.193 e. The molecule has 0 fully saturated rings. The molecule has 0 saturated heterocycles. The Balaban J connectivity index is 2.89. The largest absolute Gasteiger partial charge is 0.442 e. The van der Waals surface area contributed by atoms with Crippen molar-refractivity contribution in [2.45, 2.75) is 6.42 Å². The summed E-state index contributed by atoms with van der Waals surface area (Å²) in [5.74, 6) is 0. The highest BCUT2D eigenvalue weighted by molar-refractivity contribution is 5.17. The molecule has 0 saturated carbocycles. The lowest BCUT2D eigenvalue weighted by atomic mass is 10.3. The van der Waals surface area contributed by atoms with Crippen molar-refractivity contribution in [3.8, 4) is 0 Å². The van der Waals surface area contributed by atoms with Crippen LogP contribution in [0, 0.1) is 0 Å². The van der Waals surface area contributed by atoms with Crippen LogP contribution in [0.5, 0.6) is 0 Å². The molecule has 2 heterocycles. The van der Waals surface area contributed by atoms with Gasteiger partial charge in [-0.2, -0.15) is 4.98 Å². The van der Waals surface area contributed by atoms with Crippen molar-refractivity contribution in [1.82, 2.24) is 4.98 Å². The first-order chi connectivity index (χ1) is 4.47. The zero-order valence-corrected chi connectivity index (χ0v) is 4.87. The van der Waals surface area contributed by atoms with Crippen molar-refractivity contribution in [3.63, 3.8) is 0 Å². The van der Waals surface area contributed by atoms with Gasteiger partial charge in [0.15, 0.2) is 17.3 Å². The van der Waals surface area contributed by atoms with Gasteiger partial charge in [0.25, 0.3) is 0 Å². The molecule has 0 bridgehead atoms. The van der Waals surface area contributed by atoms with E-state index in [0.29, 0.717) is 0 Å². The molecule has 0 aromatic carbocycles. The number of oxazole rings is 1. The molecule has 1 aromatic rings. The van der Waals surface area contributed by atoms with E-state index in [1.807, 2.05) is 6.08 Å². The number of aromatic nitrogens is 1. The molecule has 1 aliphatic heterocycles. The number of hydrogen-bond acceptors (Lipinski definition) is 3. The standard InChI is InChI=1S/C6H6N2O/c1-2-5-6(7-3-1)8-4-9-5/h2,4H,1,3H2. The lowest BCUT2D eigenvalue weighted by molar-refractivity contribution is 0.520. The minimum atomic E-state index is 0.751. The lowest BCUT2D eigenvalue weighted by Crippen LogP contribution is -2.25. The second-order valence-corrected chi connectivity index (χ2v) is 1.91. The number of nitrogens with zero attached hydrogens (tertiary/aromatic N) is 2. The lowest BCUT2D eigenvalue weighted by Gasteiger charge is -1.88. The molecule has 2 rings (SSSR count). The molecule has 0 radical (unpaired) electrons. The van der Waals surface area contributed by atoms with Crippen LogP contribution in [0.4, 0.5) is 0 Å². The first kappa shape index (κ1) is 4.73.